The van der Waals surface area contributed by atoms with Crippen molar-refractivity contribution in [3.05, 3.63) is 251 Å². The summed E-state index contributed by atoms with van der Waals surface area (Å²) in [5.41, 5.74) is 16.4. The van der Waals surface area contributed by atoms with E-state index >= 15 is 0 Å². The van der Waals surface area contributed by atoms with E-state index in [1.165, 1.54) is 6.08 Å². The molecule has 10 rings (SSSR count). The number of ether oxygens (including phenoxy) is 9. The quantitative estimate of drug-likeness (QED) is 0.00736. The van der Waals surface area contributed by atoms with Crippen molar-refractivity contribution in [2.24, 2.45) is 5.11 Å². The van der Waals surface area contributed by atoms with E-state index in [0.29, 0.717) is 5.56 Å². The number of benzene rings is 7. The molecular formula is C67H70N3NaO15SSi. The van der Waals surface area contributed by atoms with E-state index in [9.17, 15) is 23.3 Å². The van der Waals surface area contributed by atoms with Gasteiger partial charge in [0.15, 0.2) is 24.8 Å². The molecule has 0 radical (unpaired) electrons. The summed E-state index contributed by atoms with van der Waals surface area (Å²) in [7, 11) is -9.11. The molecule has 0 bridgehead atoms. The first kappa shape index (κ1) is 66.1. The zero-order chi connectivity index (χ0) is 60.8. The van der Waals surface area contributed by atoms with Crippen molar-refractivity contribution in [2.75, 3.05) is 26.4 Å². The van der Waals surface area contributed by atoms with Gasteiger partial charge in [0.25, 0.3) is 8.32 Å². The second-order valence-corrected chi connectivity index (χ2v) is 27.7. The molecule has 0 spiro atoms. The Balaban J connectivity index is 0.00000922. The molecule has 3 aliphatic rings. The van der Waals surface area contributed by atoms with Crippen LogP contribution in [-0.4, -0.2) is 115 Å². The third-order valence-corrected chi connectivity index (χ3v) is 21.2. The fraction of sp³-hybridized carbons (Fsp3) is 0.328. The summed E-state index contributed by atoms with van der Waals surface area (Å²) in [6, 6.07) is 61.8. The predicted molar refractivity (Wildman–Crippen MR) is 325 cm³/mol. The number of carbonyl (C=O) groups is 1. The van der Waals surface area contributed by atoms with E-state index in [1.54, 1.807) is 24.3 Å². The van der Waals surface area contributed by atoms with Crippen LogP contribution in [0.25, 0.3) is 21.6 Å². The molecule has 0 amide bonds. The summed E-state index contributed by atoms with van der Waals surface area (Å²) < 4.78 is 113. The zero-order valence-corrected chi connectivity index (χ0v) is 53.3. The second kappa shape index (κ2) is 30.9. The Bertz CT molecular complexity index is 3440. The number of carbonyl (C=O) groups excluding carboxylic acids is 1. The monoisotopic (exact) mass is 1240 g/mol. The standard InChI is InChI=1S/C67H71N3O15SSi.Na/c1-5-39-76-64-58(69-70-68)61(77-41-47-27-13-7-14-28-47)59(57(81-64)45-80-87(67(2,3)4,49-31-17-9-18-32-49)50-33-19-10-20-34-50)83-65-63(85-86(72,73)74)62(78-42-48-29-15-8-16-30-48)60(56(82-65)44-75-40-46-25-11-6-12-26-46)84-66(71)79-43-55-53-37-23-21-35-51(53)52-36-22-24-38-54(52)55;/h5-38,55-65H,1,39-45H2,2-4H3,(H,72,73,74);/q;+1/p-1/t56-,57+,58+,59+,60+,61+,62-,63+,64+,65-;/m0./s1. The summed E-state index contributed by atoms with van der Waals surface area (Å²) in [5, 5.41) is 5.57. The molecule has 2 heterocycles. The molecule has 0 saturated carbocycles. The number of hydrogen-bond donors (Lipinski definition) is 0. The van der Waals surface area contributed by atoms with Crippen LogP contribution < -0.4 is 39.9 Å². The van der Waals surface area contributed by atoms with Crippen LogP contribution in [0.1, 0.15) is 54.5 Å². The molecule has 7 aromatic rings. The van der Waals surface area contributed by atoms with Crippen molar-refractivity contribution in [1.29, 1.82) is 0 Å². The van der Waals surface area contributed by atoms with Crippen molar-refractivity contribution in [3.8, 4) is 11.1 Å². The summed E-state index contributed by atoms with van der Waals surface area (Å²) in [6.45, 7) is 9.24. The SMILES string of the molecule is C=CCO[C@@H]1O[C@H](CO[Si](c2ccccc2)(c2ccccc2)C(C)(C)C)[C@@H](O[C@@H]2O[C@@H](COCc3ccccc3)[C@@H](OC(=O)OCC3c4ccccc4-c4ccccc43)[C@H](OCc3ccccc3)[C@H]2OS(=O)(=O)[O-])[C@H](OCc2ccccc2)[C@H]1N=[N+]=[N-].[Na+]. The van der Waals surface area contributed by atoms with Gasteiger partial charge >= 0.3 is 35.7 Å². The van der Waals surface area contributed by atoms with Gasteiger partial charge in [-0.1, -0.05) is 232 Å². The minimum absolute atomic E-state index is 0. The molecule has 0 N–H and O–H groups in total. The van der Waals surface area contributed by atoms with Crippen LogP contribution in [0, 0.1) is 0 Å². The van der Waals surface area contributed by atoms with Gasteiger partial charge in [0, 0.05) is 10.8 Å². The minimum Gasteiger partial charge on any atom is -0.726 e. The Hall–Kier alpha value is -6.37. The van der Waals surface area contributed by atoms with E-state index in [0.717, 1.165) is 43.8 Å². The number of rotatable bonds is 26. The van der Waals surface area contributed by atoms with Crippen molar-refractivity contribution in [2.45, 2.75) is 113 Å². The molecule has 1 aliphatic carbocycles. The molecule has 0 aromatic heterocycles. The fourth-order valence-corrected chi connectivity index (χ4v) is 16.9. The molecule has 2 saturated heterocycles. The number of fused-ring (bicyclic) bond motifs is 3. The van der Waals surface area contributed by atoms with Gasteiger partial charge in [0.05, 0.1) is 39.6 Å². The van der Waals surface area contributed by atoms with Crippen molar-refractivity contribution in [3.63, 3.8) is 0 Å². The van der Waals surface area contributed by atoms with Gasteiger partial charge in [-0.05, 0) is 59.9 Å². The topological polar surface area (TPSA) is 225 Å². The zero-order valence-electron chi connectivity index (χ0n) is 49.5. The molecule has 2 aliphatic heterocycles. The molecule has 2 fully saturated rings. The van der Waals surface area contributed by atoms with Crippen LogP contribution in [-0.2, 0) is 81.5 Å². The van der Waals surface area contributed by atoms with Crippen molar-refractivity contribution >= 4 is 35.2 Å². The van der Waals surface area contributed by atoms with Crippen LogP contribution in [0.3, 0.4) is 0 Å². The van der Waals surface area contributed by atoms with Crippen LogP contribution in [0.2, 0.25) is 5.04 Å². The molecule has 88 heavy (non-hydrogen) atoms. The van der Waals surface area contributed by atoms with E-state index in [1.807, 2.05) is 176 Å². The Labute approximate surface area is 536 Å². The van der Waals surface area contributed by atoms with Gasteiger partial charge in [-0.25, -0.2) is 13.2 Å². The maximum Gasteiger partial charge on any atom is 1.00 e. The molecular weight excluding hydrogens is 1170 g/mol. The van der Waals surface area contributed by atoms with Gasteiger partial charge in [-0.2, -0.15) is 0 Å². The normalized spacial score (nSPS) is 22.7. The van der Waals surface area contributed by atoms with Crippen LogP contribution in [0.5, 0.6) is 0 Å². The Morgan fingerprint density at radius 3 is 1.60 bits per heavy atom. The molecule has 454 valence electrons. The first-order valence-electron chi connectivity index (χ1n) is 28.8. The van der Waals surface area contributed by atoms with Gasteiger partial charge in [-0.15, -0.1) is 6.58 Å². The molecule has 10 atom stereocenters. The van der Waals surface area contributed by atoms with E-state index < -0.39 is 91.3 Å². The molecule has 7 aromatic carbocycles. The van der Waals surface area contributed by atoms with E-state index in [-0.39, 0.29) is 81.7 Å². The fourth-order valence-electron chi connectivity index (χ4n) is 11.8. The largest absolute Gasteiger partial charge is 1.00 e. The summed E-state index contributed by atoms with van der Waals surface area (Å²) in [6.07, 6.45) is -13.6. The maximum absolute atomic E-state index is 14.5. The van der Waals surface area contributed by atoms with Crippen molar-refractivity contribution in [1.82, 2.24) is 0 Å². The van der Waals surface area contributed by atoms with Crippen molar-refractivity contribution < 1.29 is 98.6 Å². The minimum atomic E-state index is -5.70. The van der Waals surface area contributed by atoms with Gasteiger partial charge in [0.2, 0.25) is 10.4 Å². The van der Waals surface area contributed by atoms with Gasteiger partial charge in [-0.3, -0.25) is 4.18 Å². The molecule has 18 nitrogen and oxygen atoms in total. The summed E-state index contributed by atoms with van der Waals surface area (Å²) in [5.74, 6) is -0.360. The first-order valence-corrected chi connectivity index (χ1v) is 32.1. The Morgan fingerprint density at radius 2 is 1.09 bits per heavy atom. The molecule has 0 unspecified atom stereocenters. The first-order chi connectivity index (χ1) is 42.2. The number of nitrogens with zero attached hydrogens (tertiary/aromatic N) is 3. The van der Waals surface area contributed by atoms with E-state index in [4.69, 9.17) is 51.2 Å². The number of hydrogen-bond acceptors (Lipinski definition) is 16. The summed E-state index contributed by atoms with van der Waals surface area (Å²) in [4.78, 5) is 17.7. The summed E-state index contributed by atoms with van der Waals surface area (Å²) >= 11 is 0. The average Bonchev–Trinajstić information content (AvgIpc) is 1.02. The van der Waals surface area contributed by atoms with Crippen LogP contribution >= 0.6 is 0 Å². The predicted octanol–water partition coefficient (Wildman–Crippen LogP) is 7.85. The van der Waals surface area contributed by atoms with Crippen LogP contribution in [0.15, 0.2) is 218 Å². The third kappa shape index (κ3) is 16.0. The second-order valence-electron chi connectivity index (χ2n) is 22.3. The van der Waals surface area contributed by atoms with Gasteiger partial charge < -0.3 is 51.6 Å². The van der Waals surface area contributed by atoms with Gasteiger partial charge in [0.1, 0.15) is 43.2 Å². The third-order valence-electron chi connectivity index (χ3n) is 15.7. The number of azide groups is 1. The van der Waals surface area contributed by atoms with Crippen LogP contribution in [0.4, 0.5) is 4.79 Å². The Kier molecular flexibility index (Phi) is 23.2. The smallest absolute Gasteiger partial charge is 0.726 e. The average molecular weight is 1240 g/mol. The molecule has 21 heteroatoms. The van der Waals surface area contributed by atoms with E-state index in [2.05, 4.69) is 37.4 Å². The Morgan fingerprint density at radius 1 is 0.614 bits per heavy atom. The maximum atomic E-state index is 14.5.